The molecule has 0 aliphatic carbocycles. The van der Waals surface area contributed by atoms with Crippen LogP contribution in [0.2, 0.25) is 0 Å². The molecule has 0 rings (SSSR count). The van der Waals surface area contributed by atoms with Crippen molar-refractivity contribution in [1.29, 1.82) is 0 Å². The molecule has 0 aromatic carbocycles. The smallest absolute Gasteiger partial charge is 0.0388 e. The summed E-state index contributed by atoms with van der Waals surface area (Å²) in [5, 5.41) is 0. The Kier molecular flexibility index (Phi) is 18.8. The summed E-state index contributed by atoms with van der Waals surface area (Å²) in [6.45, 7) is 12.0. The van der Waals surface area contributed by atoms with Gasteiger partial charge < -0.3 is 0 Å². The van der Waals surface area contributed by atoms with Crippen molar-refractivity contribution in [3.63, 3.8) is 0 Å². The van der Waals surface area contributed by atoms with Gasteiger partial charge in [-0.25, -0.2) is 0 Å². The molecule has 0 N–H and O–H groups in total. The van der Waals surface area contributed by atoms with E-state index in [2.05, 4.69) is 34.6 Å². The third-order valence-electron chi connectivity index (χ3n) is 6.46. The molecule has 0 bridgehead atoms. The SMILES string of the molecule is CCCCCCCCCCC(CCCC)C(C)CCCCC(C)CC. The molecule has 0 heteroatoms. The van der Waals surface area contributed by atoms with Crippen molar-refractivity contribution >= 4 is 0 Å². The quantitative estimate of drug-likeness (QED) is 0.203. The van der Waals surface area contributed by atoms with Gasteiger partial charge in [0.15, 0.2) is 0 Å². The molecule has 0 radical (unpaired) electrons. The molecule has 0 spiro atoms. The van der Waals surface area contributed by atoms with Crippen LogP contribution >= 0.6 is 0 Å². The first-order valence-corrected chi connectivity index (χ1v) is 12.2. The average Bonchev–Trinajstić information content (AvgIpc) is 2.62. The maximum absolute atomic E-state index is 2.55. The van der Waals surface area contributed by atoms with Gasteiger partial charge in [0.05, 0.1) is 0 Å². The average molecular weight is 353 g/mol. The third-order valence-corrected chi connectivity index (χ3v) is 6.46. The van der Waals surface area contributed by atoms with E-state index in [-0.39, 0.29) is 0 Å². The van der Waals surface area contributed by atoms with E-state index in [1.165, 1.54) is 109 Å². The van der Waals surface area contributed by atoms with Gasteiger partial charge in [-0.1, -0.05) is 144 Å². The molecule has 0 amide bonds. The fraction of sp³-hybridized carbons (Fsp3) is 1.00. The molecule has 3 unspecified atom stereocenters. The summed E-state index contributed by atoms with van der Waals surface area (Å²) >= 11 is 0. The Morgan fingerprint density at radius 3 is 1.56 bits per heavy atom. The molecule has 0 aliphatic heterocycles. The predicted molar refractivity (Wildman–Crippen MR) is 117 cm³/mol. The van der Waals surface area contributed by atoms with Crippen LogP contribution in [0.25, 0.3) is 0 Å². The van der Waals surface area contributed by atoms with E-state index in [0.29, 0.717) is 0 Å². The minimum Gasteiger partial charge on any atom is -0.0654 e. The summed E-state index contributed by atoms with van der Waals surface area (Å²) in [7, 11) is 0. The van der Waals surface area contributed by atoms with E-state index in [1.54, 1.807) is 0 Å². The van der Waals surface area contributed by atoms with Crippen LogP contribution in [0.5, 0.6) is 0 Å². The maximum Gasteiger partial charge on any atom is -0.0388 e. The fourth-order valence-corrected chi connectivity index (χ4v) is 4.12. The third kappa shape index (κ3) is 15.9. The van der Waals surface area contributed by atoms with Gasteiger partial charge >= 0.3 is 0 Å². The zero-order valence-corrected chi connectivity index (χ0v) is 18.8. The zero-order chi connectivity index (χ0) is 18.8. The summed E-state index contributed by atoms with van der Waals surface area (Å²) in [5.41, 5.74) is 0. The second kappa shape index (κ2) is 18.8. The zero-order valence-electron chi connectivity index (χ0n) is 18.8. The molecule has 0 aromatic rings. The first-order chi connectivity index (χ1) is 12.2. The minimum atomic E-state index is 0.934. The highest BCUT2D eigenvalue weighted by molar-refractivity contribution is 4.68. The molecule has 0 aliphatic rings. The van der Waals surface area contributed by atoms with Crippen molar-refractivity contribution < 1.29 is 0 Å². The molecular formula is C25H52. The number of unbranched alkanes of at least 4 members (excludes halogenated alkanes) is 9. The number of rotatable bonds is 19. The van der Waals surface area contributed by atoms with Crippen molar-refractivity contribution in [2.75, 3.05) is 0 Å². The van der Waals surface area contributed by atoms with E-state index in [9.17, 15) is 0 Å². The Bertz CT molecular complexity index is 244. The van der Waals surface area contributed by atoms with Crippen molar-refractivity contribution in [1.82, 2.24) is 0 Å². The molecule has 0 fully saturated rings. The van der Waals surface area contributed by atoms with E-state index in [4.69, 9.17) is 0 Å². The van der Waals surface area contributed by atoms with Gasteiger partial charge in [0.2, 0.25) is 0 Å². The van der Waals surface area contributed by atoms with Crippen LogP contribution in [0.15, 0.2) is 0 Å². The molecule has 0 nitrogen and oxygen atoms in total. The lowest BCUT2D eigenvalue weighted by atomic mass is 9.82. The van der Waals surface area contributed by atoms with E-state index < -0.39 is 0 Å². The van der Waals surface area contributed by atoms with Gasteiger partial charge in [-0.3, -0.25) is 0 Å². The summed E-state index contributed by atoms with van der Waals surface area (Å²) in [6, 6.07) is 0. The predicted octanol–water partition coefficient (Wildman–Crippen LogP) is 9.57. The summed E-state index contributed by atoms with van der Waals surface area (Å²) < 4.78 is 0. The Hall–Kier alpha value is 0. The van der Waals surface area contributed by atoms with Crippen LogP contribution in [0.1, 0.15) is 144 Å². The van der Waals surface area contributed by atoms with Crippen LogP contribution in [0.3, 0.4) is 0 Å². The van der Waals surface area contributed by atoms with Crippen molar-refractivity contribution in [3.05, 3.63) is 0 Å². The minimum absolute atomic E-state index is 0.934. The monoisotopic (exact) mass is 352 g/mol. The normalized spacial score (nSPS) is 15.2. The first-order valence-electron chi connectivity index (χ1n) is 12.2. The van der Waals surface area contributed by atoms with Crippen molar-refractivity contribution in [2.45, 2.75) is 144 Å². The second-order valence-electron chi connectivity index (χ2n) is 8.94. The van der Waals surface area contributed by atoms with Gasteiger partial charge in [-0.15, -0.1) is 0 Å². The Morgan fingerprint density at radius 2 is 0.960 bits per heavy atom. The van der Waals surface area contributed by atoms with Gasteiger partial charge in [0.25, 0.3) is 0 Å². The highest BCUT2D eigenvalue weighted by Crippen LogP contribution is 2.29. The fourth-order valence-electron chi connectivity index (χ4n) is 4.12. The topological polar surface area (TPSA) is 0 Å². The summed E-state index contributed by atoms with van der Waals surface area (Å²) in [4.78, 5) is 0. The lowest BCUT2D eigenvalue weighted by Gasteiger charge is -2.24. The number of hydrogen-bond donors (Lipinski definition) is 0. The standard InChI is InChI=1S/C25H52/c1-6-9-11-12-13-14-15-16-22-25(21-10-7-2)24(5)20-18-17-19-23(4)8-3/h23-25H,6-22H2,1-5H3. The summed E-state index contributed by atoms with van der Waals surface area (Å²) in [6.07, 6.45) is 24.7. The van der Waals surface area contributed by atoms with Crippen LogP contribution in [-0.4, -0.2) is 0 Å². The highest BCUT2D eigenvalue weighted by atomic mass is 14.2. The molecular weight excluding hydrogens is 300 g/mol. The van der Waals surface area contributed by atoms with Crippen LogP contribution in [0, 0.1) is 17.8 Å². The van der Waals surface area contributed by atoms with Crippen LogP contribution in [0.4, 0.5) is 0 Å². The summed E-state index contributed by atoms with van der Waals surface area (Å²) in [5.74, 6) is 2.89. The van der Waals surface area contributed by atoms with E-state index in [0.717, 1.165) is 17.8 Å². The van der Waals surface area contributed by atoms with Crippen LogP contribution < -0.4 is 0 Å². The molecule has 25 heavy (non-hydrogen) atoms. The van der Waals surface area contributed by atoms with Gasteiger partial charge in [-0.2, -0.15) is 0 Å². The highest BCUT2D eigenvalue weighted by Gasteiger charge is 2.16. The first kappa shape index (κ1) is 25.0. The van der Waals surface area contributed by atoms with E-state index in [1.807, 2.05) is 0 Å². The Balaban J connectivity index is 3.85. The molecule has 0 aromatic heterocycles. The van der Waals surface area contributed by atoms with Crippen LogP contribution in [-0.2, 0) is 0 Å². The molecule has 0 heterocycles. The Morgan fingerprint density at radius 1 is 0.480 bits per heavy atom. The number of hydrogen-bond acceptors (Lipinski definition) is 0. The lowest BCUT2D eigenvalue weighted by Crippen LogP contribution is -2.12. The van der Waals surface area contributed by atoms with Gasteiger partial charge in [0.1, 0.15) is 0 Å². The largest absolute Gasteiger partial charge is 0.0654 e. The van der Waals surface area contributed by atoms with Gasteiger partial charge in [0, 0.05) is 0 Å². The second-order valence-corrected chi connectivity index (χ2v) is 8.94. The molecule has 152 valence electrons. The van der Waals surface area contributed by atoms with E-state index >= 15 is 0 Å². The molecule has 0 saturated carbocycles. The van der Waals surface area contributed by atoms with Gasteiger partial charge in [-0.05, 0) is 17.8 Å². The maximum atomic E-state index is 2.55. The lowest BCUT2D eigenvalue weighted by molar-refractivity contribution is 0.274. The Labute approximate surface area is 161 Å². The molecule has 3 atom stereocenters. The van der Waals surface area contributed by atoms with Crippen molar-refractivity contribution in [2.24, 2.45) is 17.8 Å². The molecule has 0 saturated heterocycles. The van der Waals surface area contributed by atoms with Crippen molar-refractivity contribution in [3.8, 4) is 0 Å².